The average molecular weight is 427 g/mol. The maximum atomic E-state index is 13.0. The highest BCUT2D eigenvalue weighted by Crippen LogP contribution is 2.34. The zero-order chi connectivity index (χ0) is 22.2. The van der Waals surface area contributed by atoms with Gasteiger partial charge in [0.15, 0.2) is 6.10 Å². The van der Waals surface area contributed by atoms with E-state index < -0.39 is 18.0 Å². The molecule has 31 heavy (non-hydrogen) atoms. The van der Waals surface area contributed by atoms with Crippen molar-refractivity contribution in [3.8, 4) is 11.5 Å². The Morgan fingerprint density at radius 3 is 2.52 bits per heavy atom. The molecule has 0 fully saturated rings. The van der Waals surface area contributed by atoms with Crippen molar-refractivity contribution in [2.45, 2.75) is 38.2 Å². The molecule has 0 radical (unpaired) electrons. The third kappa shape index (κ3) is 5.97. The Balaban J connectivity index is 1.63. The van der Waals surface area contributed by atoms with Gasteiger partial charge in [-0.05, 0) is 31.0 Å². The van der Waals surface area contributed by atoms with Crippen LogP contribution in [-0.2, 0) is 20.8 Å². The van der Waals surface area contributed by atoms with Crippen molar-refractivity contribution < 1.29 is 34.1 Å². The molecule has 1 amide bonds. The Morgan fingerprint density at radius 2 is 1.74 bits per heavy atom. The first-order valence-electron chi connectivity index (χ1n) is 10.2. The van der Waals surface area contributed by atoms with Gasteiger partial charge in [-0.15, -0.1) is 0 Å². The zero-order valence-electron chi connectivity index (χ0n) is 17.0. The van der Waals surface area contributed by atoms with E-state index in [4.69, 9.17) is 19.7 Å². The summed E-state index contributed by atoms with van der Waals surface area (Å²) < 4.78 is 11.7. The number of fused-ring (bicyclic) bond motifs is 1. The normalized spacial score (nSPS) is 15.2. The standard InChI is InChI=1S/C23H25NO7/c25-21(26)11-5-6-13-24-17-8-2-4-10-19(17)31-20(23(24)29)12-14-30-18-9-3-1-7-16(18)15-22(27)28/h1-4,7-10,20H,5-6,11-15H2,(H,25,26)(H,27,28). The molecule has 0 bridgehead atoms. The minimum atomic E-state index is -0.947. The Hall–Kier alpha value is -3.55. The molecular formula is C23H25NO7. The quantitative estimate of drug-likeness (QED) is 0.530. The lowest BCUT2D eigenvalue weighted by atomic mass is 10.1. The third-order valence-electron chi connectivity index (χ3n) is 4.94. The average Bonchev–Trinajstić information content (AvgIpc) is 2.73. The van der Waals surface area contributed by atoms with Gasteiger partial charge in [0, 0.05) is 24.9 Å². The van der Waals surface area contributed by atoms with Crippen molar-refractivity contribution in [1.82, 2.24) is 0 Å². The number of carbonyl (C=O) groups excluding carboxylic acids is 1. The number of carboxylic acids is 2. The Bertz CT molecular complexity index is 943. The number of rotatable bonds is 11. The number of unbranched alkanes of at least 4 members (excludes halogenated alkanes) is 1. The molecule has 164 valence electrons. The minimum absolute atomic E-state index is 0.0627. The van der Waals surface area contributed by atoms with E-state index in [0.29, 0.717) is 48.6 Å². The van der Waals surface area contributed by atoms with Crippen LogP contribution >= 0.6 is 0 Å². The first-order chi connectivity index (χ1) is 15.0. The number of nitrogens with zero attached hydrogens (tertiary/aromatic N) is 1. The summed E-state index contributed by atoms with van der Waals surface area (Å²) in [5.41, 5.74) is 1.24. The number of carbonyl (C=O) groups is 3. The van der Waals surface area contributed by atoms with Crippen molar-refractivity contribution in [3.63, 3.8) is 0 Å². The van der Waals surface area contributed by atoms with Crippen molar-refractivity contribution in [3.05, 3.63) is 54.1 Å². The van der Waals surface area contributed by atoms with E-state index in [-0.39, 0.29) is 25.4 Å². The summed E-state index contributed by atoms with van der Waals surface area (Å²) in [6.45, 7) is 0.591. The number of aliphatic carboxylic acids is 2. The van der Waals surface area contributed by atoms with Gasteiger partial charge in [0.2, 0.25) is 0 Å². The maximum Gasteiger partial charge on any atom is 0.307 e. The fourth-order valence-electron chi connectivity index (χ4n) is 3.46. The molecule has 2 aromatic carbocycles. The van der Waals surface area contributed by atoms with E-state index in [1.165, 1.54) is 0 Å². The van der Waals surface area contributed by atoms with Crippen LogP contribution in [0.25, 0.3) is 0 Å². The van der Waals surface area contributed by atoms with Gasteiger partial charge in [-0.3, -0.25) is 14.4 Å². The minimum Gasteiger partial charge on any atom is -0.493 e. The summed E-state index contributed by atoms with van der Waals surface area (Å²) in [6.07, 6.45) is 0.523. The molecule has 0 aromatic heterocycles. The Labute approximate surface area is 180 Å². The van der Waals surface area contributed by atoms with E-state index in [1.54, 1.807) is 41.3 Å². The predicted octanol–water partition coefficient (Wildman–Crippen LogP) is 3.13. The molecule has 0 saturated heterocycles. The maximum absolute atomic E-state index is 13.0. The third-order valence-corrected chi connectivity index (χ3v) is 4.94. The number of benzene rings is 2. The van der Waals surface area contributed by atoms with E-state index in [1.807, 2.05) is 12.1 Å². The molecule has 1 atom stereocenters. The van der Waals surface area contributed by atoms with Crippen molar-refractivity contribution in [2.24, 2.45) is 0 Å². The Morgan fingerprint density at radius 1 is 1.00 bits per heavy atom. The summed E-state index contributed by atoms with van der Waals surface area (Å²) in [5, 5.41) is 17.9. The molecule has 0 spiro atoms. The molecule has 2 aromatic rings. The fourth-order valence-corrected chi connectivity index (χ4v) is 3.46. The number of hydrogen-bond donors (Lipinski definition) is 2. The molecule has 1 unspecified atom stereocenters. The first kappa shape index (κ1) is 22.1. The van der Waals surface area contributed by atoms with Crippen LogP contribution in [0, 0.1) is 0 Å². The largest absolute Gasteiger partial charge is 0.493 e. The van der Waals surface area contributed by atoms with E-state index in [9.17, 15) is 14.4 Å². The van der Waals surface area contributed by atoms with Crippen molar-refractivity contribution in [1.29, 1.82) is 0 Å². The molecular weight excluding hydrogens is 402 g/mol. The summed E-state index contributed by atoms with van der Waals surface area (Å²) in [6, 6.07) is 14.2. The molecule has 8 heteroatoms. The molecule has 1 heterocycles. The number of para-hydroxylation sites is 3. The predicted molar refractivity (Wildman–Crippen MR) is 113 cm³/mol. The lowest BCUT2D eigenvalue weighted by Gasteiger charge is -2.34. The molecule has 0 aliphatic carbocycles. The number of carboxylic acid groups (broad SMARTS) is 2. The number of amides is 1. The van der Waals surface area contributed by atoms with Crippen molar-refractivity contribution in [2.75, 3.05) is 18.1 Å². The summed E-state index contributed by atoms with van der Waals surface area (Å²) in [5.74, 6) is -0.934. The van der Waals surface area contributed by atoms with Crippen LogP contribution in [0.3, 0.4) is 0 Å². The van der Waals surface area contributed by atoms with Gasteiger partial charge in [0.25, 0.3) is 5.91 Å². The van der Waals surface area contributed by atoms with Gasteiger partial charge in [-0.2, -0.15) is 0 Å². The highest BCUT2D eigenvalue weighted by molar-refractivity contribution is 6.00. The second-order valence-electron chi connectivity index (χ2n) is 7.23. The number of anilines is 1. The molecule has 0 saturated carbocycles. The summed E-state index contributed by atoms with van der Waals surface area (Å²) in [4.78, 5) is 36.4. The highest BCUT2D eigenvalue weighted by Gasteiger charge is 2.33. The van der Waals surface area contributed by atoms with Crippen LogP contribution in [0.2, 0.25) is 0 Å². The summed E-state index contributed by atoms with van der Waals surface area (Å²) in [7, 11) is 0. The van der Waals surface area contributed by atoms with Gasteiger partial charge in [0.1, 0.15) is 11.5 Å². The smallest absolute Gasteiger partial charge is 0.307 e. The van der Waals surface area contributed by atoms with Crippen LogP contribution in [0.15, 0.2) is 48.5 Å². The van der Waals surface area contributed by atoms with Crippen LogP contribution in [0.4, 0.5) is 5.69 Å². The lowest BCUT2D eigenvalue weighted by molar-refractivity contribution is -0.137. The van der Waals surface area contributed by atoms with Gasteiger partial charge >= 0.3 is 11.9 Å². The van der Waals surface area contributed by atoms with Crippen LogP contribution < -0.4 is 14.4 Å². The van der Waals surface area contributed by atoms with Crippen LogP contribution in [0.1, 0.15) is 31.2 Å². The number of ether oxygens (including phenoxy) is 2. The second-order valence-corrected chi connectivity index (χ2v) is 7.23. The molecule has 2 N–H and O–H groups in total. The zero-order valence-corrected chi connectivity index (χ0v) is 17.0. The van der Waals surface area contributed by atoms with E-state index in [0.717, 1.165) is 0 Å². The summed E-state index contributed by atoms with van der Waals surface area (Å²) >= 11 is 0. The molecule has 1 aliphatic heterocycles. The fraction of sp³-hybridized carbons (Fsp3) is 0.348. The lowest BCUT2D eigenvalue weighted by Crippen LogP contribution is -2.47. The monoisotopic (exact) mass is 427 g/mol. The molecule has 3 rings (SSSR count). The van der Waals surface area contributed by atoms with E-state index >= 15 is 0 Å². The Kier molecular flexibility index (Phi) is 7.48. The van der Waals surface area contributed by atoms with Crippen LogP contribution in [-0.4, -0.2) is 47.3 Å². The van der Waals surface area contributed by atoms with Gasteiger partial charge in [0.05, 0.1) is 18.7 Å². The molecule has 1 aliphatic rings. The highest BCUT2D eigenvalue weighted by atomic mass is 16.5. The van der Waals surface area contributed by atoms with Gasteiger partial charge in [-0.25, -0.2) is 0 Å². The molecule has 8 nitrogen and oxygen atoms in total. The van der Waals surface area contributed by atoms with E-state index in [2.05, 4.69) is 0 Å². The van der Waals surface area contributed by atoms with Crippen molar-refractivity contribution >= 4 is 23.5 Å². The van der Waals surface area contributed by atoms with Gasteiger partial charge < -0.3 is 24.6 Å². The van der Waals surface area contributed by atoms with Gasteiger partial charge in [-0.1, -0.05) is 30.3 Å². The topological polar surface area (TPSA) is 113 Å². The SMILES string of the molecule is O=C(O)CCCCN1C(=O)C(CCOc2ccccc2CC(=O)O)Oc2ccccc21. The number of hydrogen-bond acceptors (Lipinski definition) is 5. The first-order valence-corrected chi connectivity index (χ1v) is 10.2. The van der Waals surface area contributed by atoms with Crippen LogP contribution in [0.5, 0.6) is 11.5 Å². The second kappa shape index (κ2) is 10.5.